The summed E-state index contributed by atoms with van der Waals surface area (Å²) >= 11 is 0. The van der Waals surface area contributed by atoms with Crippen molar-refractivity contribution in [2.75, 3.05) is 5.32 Å². The van der Waals surface area contributed by atoms with Crippen molar-refractivity contribution in [1.29, 1.82) is 0 Å². The molecule has 2 rings (SSSR count). The maximum Gasteiger partial charge on any atom is 0.319 e. The van der Waals surface area contributed by atoms with Crippen LogP contribution in [0.15, 0.2) is 24.3 Å². The molecule has 1 aliphatic rings. The van der Waals surface area contributed by atoms with Crippen molar-refractivity contribution in [3.05, 3.63) is 29.8 Å². The van der Waals surface area contributed by atoms with Crippen molar-refractivity contribution in [2.24, 2.45) is 5.41 Å². The summed E-state index contributed by atoms with van der Waals surface area (Å²) in [4.78, 5) is 22.7. The molecule has 4 heteroatoms. The molecular weight excluding hydrogens is 218 g/mol. The van der Waals surface area contributed by atoms with E-state index in [-0.39, 0.29) is 0 Å². The number of rotatable bonds is 3. The molecule has 0 bridgehead atoms. The van der Waals surface area contributed by atoms with Gasteiger partial charge < -0.3 is 10.4 Å². The Kier molecular flexibility index (Phi) is 2.60. The minimum atomic E-state index is -1.23. The zero-order valence-corrected chi connectivity index (χ0v) is 9.06. The number of benzene rings is 1. The second kappa shape index (κ2) is 3.95. The van der Waals surface area contributed by atoms with Gasteiger partial charge in [0.2, 0.25) is 5.91 Å². The van der Waals surface area contributed by atoms with Crippen molar-refractivity contribution >= 4 is 17.6 Å². The highest BCUT2D eigenvalue weighted by atomic mass is 16.4. The van der Waals surface area contributed by atoms with E-state index in [1.807, 2.05) is 0 Å². The molecule has 86 valence electrons. The Morgan fingerprint density at radius 3 is 2.65 bits per heavy atom. The van der Waals surface area contributed by atoms with Crippen LogP contribution in [0.1, 0.15) is 18.4 Å². The first-order valence-corrected chi connectivity index (χ1v) is 5.20. The van der Waals surface area contributed by atoms with E-state index in [4.69, 9.17) is 11.5 Å². The summed E-state index contributed by atoms with van der Waals surface area (Å²) in [6.45, 7) is 0. The van der Waals surface area contributed by atoms with Crippen molar-refractivity contribution in [3.8, 4) is 12.3 Å². The van der Waals surface area contributed by atoms with Gasteiger partial charge in [0.15, 0.2) is 0 Å². The zero-order chi connectivity index (χ0) is 12.5. The van der Waals surface area contributed by atoms with Gasteiger partial charge in [0, 0.05) is 11.3 Å². The molecule has 1 aromatic carbocycles. The lowest BCUT2D eigenvalue weighted by molar-refractivity contribution is -0.147. The molecule has 0 aliphatic heterocycles. The number of hydrogen-bond acceptors (Lipinski definition) is 2. The zero-order valence-electron chi connectivity index (χ0n) is 9.06. The molecule has 0 spiro atoms. The monoisotopic (exact) mass is 229 g/mol. The number of amides is 1. The van der Waals surface area contributed by atoms with Gasteiger partial charge in [0.25, 0.3) is 0 Å². The van der Waals surface area contributed by atoms with Gasteiger partial charge >= 0.3 is 5.97 Å². The van der Waals surface area contributed by atoms with E-state index in [9.17, 15) is 9.59 Å². The Hall–Kier alpha value is -2.28. The third-order valence-electron chi connectivity index (χ3n) is 2.88. The standard InChI is InChI=1S/C13H11NO3/c1-2-9-4-3-5-10(8-9)14-11(15)13(6-7-13)12(16)17/h1,3-5,8H,6-7H2,(H,14,15)(H,16,17). The molecule has 0 radical (unpaired) electrons. The molecule has 1 amide bonds. The molecule has 1 aliphatic carbocycles. The fourth-order valence-corrected chi connectivity index (χ4v) is 1.60. The summed E-state index contributed by atoms with van der Waals surface area (Å²) in [6.07, 6.45) is 6.02. The minimum Gasteiger partial charge on any atom is -0.480 e. The van der Waals surface area contributed by atoms with Gasteiger partial charge in [-0.1, -0.05) is 12.0 Å². The second-order valence-electron chi connectivity index (χ2n) is 4.07. The maximum absolute atomic E-state index is 11.8. The van der Waals surface area contributed by atoms with E-state index in [2.05, 4.69) is 11.2 Å². The van der Waals surface area contributed by atoms with E-state index >= 15 is 0 Å². The van der Waals surface area contributed by atoms with Crippen LogP contribution in [0.4, 0.5) is 5.69 Å². The molecule has 1 fully saturated rings. The molecule has 0 unspecified atom stereocenters. The van der Waals surface area contributed by atoms with Crippen LogP contribution in [0.2, 0.25) is 0 Å². The lowest BCUT2D eigenvalue weighted by atomic mass is 10.1. The first-order valence-electron chi connectivity index (χ1n) is 5.20. The van der Waals surface area contributed by atoms with E-state index in [0.29, 0.717) is 24.1 Å². The summed E-state index contributed by atoms with van der Waals surface area (Å²) in [5.41, 5.74) is -0.0625. The molecule has 1 saturated carbocycles. The number of aliphatic carboxylic acids is 1. The molecule has 4 nitrogen and oxygen atoms in total. The van der Waals surface area contributed by atoms with Gasteiger partial charge in [0.05, 0.1) is 0 Å². The van der Waals surface area contributed by atoms with Crippen LogP contribution in [0.5, 0.6) is 0 Å². The Morgan fingerprint density at radius 1 is 1.41 bits per heavy atom. The number of hydrogen-bond donors (Lipinski definition) is 2. The Morgan fingerprint density at radius 2 is 2.12 bits per heavy atom. The second-order valence-corrected chi connectivity index (χ2v) is 4.07. The van der Waals surface area contributed by atoms with Gasteiger partial charge in [-0.25, -0.2) is 0 Å². The van der Waals surface area contributed by atoms with Crippen LogP contribution in [-0.2, 0) is 9.59 Å². The Balaban J connectivity index is 2.14. The number of carbonyl (C=O) groups is 2. The molecule has 17 heavy (non-hydrogen) atoms. The third kappa shape index (κ3) is 2.00. The lowest BCUT2D eigenvalue weighted by Gasteiger charge is -2.10. The molecule has 2 N–H and O–H groups in total. The van der Waals surface area contributed by atoms with E-state index in [1.54, 1.807) is 24.3 Å². The number of nitrogens with one attached hydrogen (secondary N) is 1. The average molecular weight is 229 g/mol. The first kappa shape index (κ1) is 11.2. The van der Waals surface area contributed by atoms with Crippen LogP contribution in [0.3, 0.4) is 0 Å². The summed E-state index contributed by atoms with van der Waals surface area (Å²) < 4.78 is 0. The number of anilines is 1. The lowest BCUT2D eigenvalue weighted by Crippen LogP contribution is -2.31. The number of carbonyl (C=O) groups excluding carboxylic acids is 1. The average Bonchev–Trinajstić information content (AvgIpc) is 3.10. The van der Waals surface area contributed by atoms with Crippen molar-refractivity contribution in [3.63, 3.8) is 0 Å². The molecule has 0 aromatic heterocycles. The van der Waals surface area contributed by atoms with E-state index in [1.165, 1.54) is 0 Å². The predicted molar refractivity (Wildman–Crippen MR) is 62.3 cm³/mol. The van der Waals surface area contributed by atoms with Gasteiger partial charge in [-0.15, -0.1) is 6.42 Å². The van der Waals surface area contributed by atoms with Gasteiger partial charge in [-0.3, -0.25) is 9.59 Å². The van der Waals surface area contributed by atoms with Crippen LogP contribution in [-0.4, -0.2) is 17.0 Å². The highest BCUT2D eigenvalue weighted by molar-refractivity contribution is 6.10. The smallest absolute Gasteiger partial charge is 0.319 e. The summed E-state index contributed by atoms with van der Waals surface area (Å²) in [5.74, 6) is 0.911. The van der Waals surface area contributed by atoms with E-state index in [0.717, 1.165) is 0 Å². The largest absolute Gasteiger partial charge is 0.480 e. The highest BCUT2D eigenvalue weighted by Crippen LogP contribution is 2.46. The Bertz CT molecular complexity index is 524. The minimum absolute atomic E-state index is 0.392. The predicted octanol–water partition coefficient (Wildman–Crippen LogP) is 1.47. The molecule has 1 aromatic rings. The summed E-state index contributed by atoms with van der Waals surface area (Å²) in [5, 5.41) is 11.5. The quantitative estimate of drug-likeness (QED) is 0.609. The van der Waals surface area contributed by atoms with Crippen molar-refractivity contribution in [1.82, 2.24) is 0 Å². The van der Waals surface area contributed by atoms with Crippen LogP contribution < -0.4 is 5.32 Å². The van der Waals surface area contributed by atoms with E-state index < -0.39 is 17.3 Å². The fraction of sp³-hybridized carbons (Fsp3) is 0.231. The first-order chi connectivity index (χ1) is 8.08. The van der Waals surface area contributed by atoms with Crippen LogP contribution >= 0.6 is 0 Å². The number of terminal acetylenes is 1. The summed E-state index contributed by atoms with van der Waals surface area (Å²) in [7, 11) is 0. The number of carboxylic acid groups (broad SMARTS) is 1. The topological polar surface area (TPSA) is 66.4 Å². The highest BCUT2D eigenvalue weighted by Gasteiger charge is 2.57. The molecule has 0 atom stereocenters. The van der Waals surface area contributed by atoms with Gasteiger partial charge in [-0.2, -0.15) is 0 Å². The van der Waals surface area contributed by atoms with Crippen LogP contribution in [0.25, 0.3) is 0 Å². The molecule has 0 heterocycles. The fourth-order valence-electron chi connectivity index (χ4n) is 1.60. The summed E-state index contributed by atoms with van der Waals surface area (Å²) in [6, 6.07) is 6.76. The maximum atomic E-state index is 11.8. The van der Waals surface area contributed by atoms with Crippen molar-refractivity contribution in [2.45, 2.75) is 12.8 Å². The van der Waals surface area contributed by atoms with Gasteiger partial charge in [0.1, 0.15) is 5.41 Å². The normalized spacial score (nSPS) is 15.7. The molecular formula is C13H11NO3. The number of carboxylic acids is 1. The van der Waals surface area contributed by atoms with Gasteiger partial charge in [-0.05, 0) is 31.0 Å². The van der Waals surface area contributed by atoms with Crippen LogP contribution in [0, 0.1) is 17.8 Å². The van der Waals surface area contributed by atoms with Crippen molar-refractivity contribution < 1.29 is 14.7 Å². The molecule has 0 saturated heterocycles. The SMILES string of the molecule is C#Cc1cccc(NC(=O)C2(C(=O)O)CC2)c1. The third-order valence-corrected chi connectivity index (χ3v) is 2.88. The Labute approximate surface area is 98.6 Å².